The molecule has 6 atom stereocenters. The first-order valence-corrected chi connectivity index (χ1v) is 21.2. The summed E-state index contributed by atoms with van der Waals surface area (Å²) in [7, 11) is 0. The average molecular weight is 847 g/mol. The van der Waals surface area contributed by atoms with Crippen molar-refractivity contribution in [1.29, 1.82) is 0 Å². The van der Waals surface area contributed by atoms with Gasteiger partial charge in [0, 0.05) is 56.0 Å². The smallest absolute Gasteiger partial charge is 0.246 e. The molecule has 3 aliphatic heterocycles. The third kappa shape index (κ3) is 10.3. The predicted molar refractivity (Wildman–Crippen MR) is 231 cm³/mol. The number of phenolic OH excluding ortho intramolecular Hbond substituents is 1. The minimum absolute atomic E-state index is 0.00648. The van der Waals surface area contributed by atoms with Crippen LogP contribution in [0.3, 0.4) is 0 Å². The normalized spacial score (nSPS) is 24.0. The fourth-order valence-electron chi connectivity index (χ4n) is 8.69. The zero-order valence-electron chi connectivity index (χ0n) is 34.4. The van der Waals surface area contributed by atoms with E-state index >= 15 is 0 Å². The Balaban J connectivity index is 1.28. The van der Waals surface area contributed by atoms with Gasteiger partial charge < -0.3 is 52.6 Å². The largest absolute Gasteiger partial charge is 0.508 e. The van der Waals surface area contributed by atoms with Gasteiger partial charge in [0.2, 0.25) is 35.4 Å². The number of nitrogens with one attached hydrogen (secondary N) is 5. The van der Waals surface area contributed by atoms with Gasteiger partial charge in [0.1, 0.15) is 42.0 Å². The molecule has 10 N–H and O–H groups in total. The van der Waals surface area contributed by atoms with Crippen molar-refractivity contribution in [1.82, 2.24) is 36.1 Å². The first-order chi connectivity index (χ1) is 29.9. The van der Waals surface area contributed by atoms with Gasteiger partial charge in [0.05, 0.1) is 0 Å². The molecule has 0 saturated carbocycles. The van der Waals surface area contributed by atoms with Gasteiger partial charge in [-0.05, 0) is 73.4 Å². The van der Waals surface area contributed by atoms with E-state index in [-0.39, 0.29) is 62.9 Å². The zero-order valence-corrected chi connectivity index (χ0v) is 34.4. The number of aliphatic imine (C=N–C) groups is 1. The lowest BCUT2D eigenvalue weighted by Gasteiger charge is -2.34. The lowest BCUT2D eigenvalue weighted by atomic mass is 10.00. The van der Waals surface area contributed by atoms with Gasteiger partial charge in [-0.2, -0.15) is 0 Å². The molecule has 17 nitrogen and oxygen atoms in total. The number of guanidine groups is 1. The summed E-state index contributed by atoms with van der Waals surface area (Å²) in [5.41, 5.74) is 14.0. The van der Waals surface area contributed by atoms with Crippen LogP contribution in [-0.4, -0.2) is 117 Å². The van der Waals surface area contributed by atoms with Crippen molar-refractivity contribution < 1.29 is 33.9 Å². The Morgan fingerprint density at radius 1 is 0.629 bits per heavy atom. The Hall–Kier alpha value is -6.91. The molecule has 3 aromatic carbocycles. The molecule has 3 aliphatic rings. The second-order valence-electron chi connectivity index (χ2n) is 16.2. The Morgan fingerprint density at radius 2 is 1.18 bits per heavy atom. The number of rotatable bonds is 10. The maximum Gasteiger partial charge on any atom is 0.246 e. The lowest BCUT2D eigenvalue weighted by Crippen LogP contribution is -2.61. The number of amides is 6. The first-order valence-electron chi connectivity index (χ1n) is 21.2. The molecule has 0 bridgehead atoms. The van der Waals surface area contributed by atoms with Crippen molar-refractivity contribution >= 4 is 52.3 Å². The molecule has 3 saturated heterocycles. The number of nitrogens with two attached hydrogens (primary N) is 2. The SMILES string of the molecule is NC(N)=NCCC[C@@H]1NC(=O)[C@H](Cc2ccc(O)cc2)NC(=O)[C@H](Cc2c[nH]c3ccccc23)NC(=O)[C@H](Cc2ccccc2)NC(=O)[C@@H]2CCCN2C(=O)[C@H]2CCCN2C1=O. The van der Waals surface area contributed by atoms with E-state index in [4.69, 9.17) is 11.5 Å². The number of benzene rings is 3. The Bertz CT molecular complexity index is 2290. The van der Waals surface area contributed by atoms with E-state index in [0.29, 0.717) is 37.7 Å². The number of phenols is 1. The van der Waals surface area contributed by atoms with Crippen molar-refractivity contribution in [3.63, 3.8) is 0 Å². The van der Waals surface area contributed by atoms with Crippen LogP contribution in [0.25, 0.3) is 10.9 Å². The topological polar surface area (TPSA) is 257 Å². The number of aromatic hydroxyl groups is 1. The van der Waals surface area contributed by atoms with Crippen LogP contribution in [0.5, 0.6) is 5.75 Å². The molecule has 17 heteroatoms. The van der Waals surface area contributed by atoms with E-state index in [2.05, 4.69) is 31.2 Å². The fraction of sp³-hybridized carbons (Fsp3) is 0.400. The van der Waals surface area contributed by atoms with Crippen molar-refractivity contribution in [2.45, 2.75) is 94.0 Å². The number of nitrogens with zero attached hydrogens (tertiary/aromatic N) is 3. The van der Waals surface area contributed by atoms with E-state index in [1.54, 1.807) is 18.3 Å². The van der Waals surface area contributed by atoms with Gasteiger partial charge in [-0.25, -0.2) is 0 Å². The summed E-state index contributed by atoms with van der Waals surface area (Å²) in [5.74, 6) is -3.49. The Labute approximate surface area is 359 Å². The van der Waals surface area contributed by atoms with E-state index < -0.39 is 65.8 Å². The van der Waals surface area contributed by atoms with Crippen LogP contribution in [0.4, 0.5) is 0 Å². The number of aromatic amines is 1. The van der Waals surface area contributed by atoms with Crippen LogP contribution < -0.4 is 32.7 Å². The van der Waals surface area contributed by atoms with E-state index in [0.717, 1.165) is 22.0 Å². The summed E-state index contributed by atoms with van der Waals surface area (Å²) in [6, 6.07) is 16.2. The molecular formula is C45H54N10O7. The maximum absolute atomic E-state index is 14.7. The first kappa shape index (κ1) is 43.2. The van der Waals surface area contributed by atoms with E-state index in [9.17, 15) is 33.9 Å². The molecule has 0 unspecified atom stereocenters. The average Bonchev–Trinajstić information content (AvgIpc) is 4.05. The molecular weight excluding hydrogens is 793 g/mol. The quantitative estimate of drug-likeness (QED) is 0.0640. The molecule has 3 fully saturated rings. The van der Waals surface area contributed by atoms with Gasteiger partial charge >= 0.3 is 0 Å². The van der Waals surface area contributed by atoms with Crippen LogP contribution in [0.2, 0.25) is 0 Å². The van der Waals surface area contributed by atoms with Crippen molar-refractivity contribution in [3.05, 3.63) is 102 Å². The molecule has 326 valence electrons. The number of hydrogen-bond donors (Lipinski definition) is 8. The van der Waals surface area contributed by atoms with Gasteiger partial charge in [-0.3, -0.25) is 33.8 Å². The summed E-state index contributed by atoms with van der Waals surface area (Å²) in [6.07, 6.45) is 4.00. The summed E-state index contributed by atoms with van der Waals surface area (Å²) < 4.78 is 0. The van der Waals surface area contributed by atoms with Crippen LogP contribution in [-0.2, 0) is 48.0 Å². The third-order valence-corrected chi connectivity index (χ3v) is 11.9. The number of fused-ring (bicyclic) bond motifs is 3. The summed E-state index contributed by atoms with van der Waals surface area (Å²) in [5, 5.41) is 22.4. The zero-order chi connectivity index (χ0) is 43.8. The molecule has 6 amide bonds. The molecule has 0 aliphatic carbocycles. The molecule has 62 heavy (non-hydrogen) atoms. The Kier molecular flexibility index (Phi) is 13.7. The predicted octanol–water partition coefficient (Wildman–Crippen LogP) is 0.890. The van der Waals surface area contributed by atoms with Crippen LogP contribution in [0, 0.1) is 0 Å². The lowest BCUT2D eigenvalue weighted by molar-refractivity contribution is -0.148. The van der Waals surface area contributed by atoms with Crippen molar-refractivity contribution in [2.75, 3.05) is 19.6 Å². The minimum atomic E-state index is -1.28. The van der Waals surface area contributed by atoms with Gasteiger partial charge in [0.15, 0.2) is 5.96 Å². The molecule has 7 rings (SSSR count). The standard InChI is InChI=1S/C45H54N10O7/c46-45(47)48-20-6-13-33-43(61)55-22-8-15-38(55)44(62)54-21-7-14-37(54)42(60)53-35(23-27-9-2-1-3-10-27)40(58)52-36(25-29-26-49-32-12-5-4-11-31(29)32)41(59)51-34(39(57)50-33)24-28-16-18-30(56)19-17-28/h1-5,9-12,16-19,26,33-38,49,56H,6-8,13-15,20-25H2,(H,50,57)(H,51,59)(H,52,58)(H,53,60)(H4,46,47,48)/t33-,34-,35-,36-,37-,38+/m0/s1. The second kappa shape index (κ2) is 19.6. The van der Waals surface area contributed by atoms with Crippen molar-refractivity contribution in [3.8, 4) is 5.75 Å². The third-order valence-electron chi connectivity index (χ3n) is 11.9. The highest BCUT2D eigenvalue weighted by Crippen LogP contribution is 2.27. The monoisotopic (exact) mass is 846 g/mol. The summed E-state index contributed by atoms with van der Waals surface area (Å²) >= 11 is 0. The molecule has 4 aromatic rings. The van der Waals surface area contributed by atoms with Gasteiger partial charge in [-0.15, -0.1) is 0 Å². The van der Waals surface area contributed by atoms with Gasteiger partial charge in [-0.1, -0.05) is 60.7 Å². The molecule has 0 radical (unpaired) electrons. The van der Waals surface area contributed by atoms with Crippen LogP contribution in [0.15, 0.2) is 90.1 Å². The number of carbonyl (C=O) groups is 6. The second-order valence-corrected chi connectivity index (χ2v) is 16.2. The Morgan fingerprint density at radius 3 is 1.84 bits per heavy atom. The van der Waals surface area contributed by atoms with E-state index in [1.165, 1.54) is 21.9 Å². The van der Waals surface area contributed by atoms with E-state index in [1.807, 2.05) is 54.6 Å². The molecule has 0 spiro atoms. The van der Waals surface area contributed by atoms with Gasteiger partial charge in [0.25, 0.3) is 0 Å². The number of aromatic nitrogens is 1. The minimum Gasteiger partial charge on any atom is -0.508 e. The highest BCUT2D eigenvalue weighted by atomic mass is 16.3. The summed E-state index contributed by atoms with van der Waals surface area (Å²) in [6.45, 7) is 0.710. The van der Waals surface area contributed by atoms with Crippen molar-refractivity contribution in [2.24, 2.45) is 16.5 Å². The van der Waals surface area contributed by atoms with Crippen LogP contribution in [0.1, 0.15) is 55.2 Å². The number of hydrogen-bond acceptors (Lipinski definition) is 8. The van der Waals surface area contributed by atoms with Crippen LogP contribution >= 0.6 is 0 Å². The number of para-hydroxylation sites is 1. The fourth-order valence-corrected chi connectivity index (χ4v) is 8.69. The summed E-state index contributed by atoms with van der Waals surface area (Å²) in [4.78, 5) is 97.3. The highest BCUT2D eigenvalue weighted by Gasteiger charge is 2.44. The maximum atomic E-state index is 14.7. The molecule has 4 heterocycles. The number of carbonyl (C=O) groups excluding carboxylic acids is 6. The molecule has 1 aromatic heterocycles. The highest BCUT2D eigenvalue weighted by molar-refractivity contribution is 5.99. The number of H-pyrrole nitrogens is 1.